The van der Waals surface area contributed by atoms with Gasteiger partial charge in [-0.1, -0.05) is 30.3 Å². The van der Waals surface area contributed by atoms with Crippen LogP contribution < -0.4 is 11.1 Å². The maximum Gasteiger partial charge on any atom is 0.337 e. The van der Waals surface area contributed by atoms with Crippen molar-refractivity contribution in [2.24, 2.45) is 5.73 Å². The van der Waals surface area contributed by atoms with Crippen molar-refractivity contribution in [1.82, 2.24) is 15.3 Å². The van der Waals surface area contributed by atoms with Gasteiger partial charge in [0.2, 0.25) is 0 Å². The van der Waals surface area contributed by atoms with Crippen LogP contribution in [0.15, 0.2) is 60.8 Å². The average Bonchev–Trinajstić information content (AvgIpc) is 3.29. The van der Waals surface area contributed by atoms with Crippen molar-refractivity contribution >= 4 is 22.8 Å². The molecule has 2 aromatic heterocycles. The summed E-state index contributed by atoms with van der Waals surface area (Å²) in [4.78, 5) is 32.0. The number of aromatic nitrogens is 2. The van der Waals surface area contributed by atoms with E-state index < -0.39 is 5.97 Å². The van der Waals surface area contributed by atoms with E-state index in [1.807, 2.05) is 62.4 Å². The Kier molecular flexibility index (Phi) is 5.75. The number of hydrogen-bond donors (Lipinski definition) is 4. The molecule has 2 aromatic carbocycles. The van der Waals surface area contributed by atoms with Gasteiger partial charge in [0.05, 0.1) is 28.5 Å². The molecule has 0 aliphatic carbocycles. The summed E-state index contributed by atoms with van der Waals surface area (Å²) in [6, 6.07) is 16.4. The lowest BCUT2D eigenvalue weighted by molar-refractivity contribution is 0.0696. The van der Waals surface area contributed by atoms with Crippen LogP contribution in [0.25, 0.3) is 22.3 Å². The summed E-state index contributed by atoms with van der Waals surface area (Å²) >= 11 is 0. The number of fused-ring (bicyclic) bond motifs is 1. The molecule has 0 aliphatic rings. The summed E-state index contributed by atoms with van der Waals surface area (Å²) in [5.74, 6) is -1.19. The molecule has 5 N–H and O–H groups in total. The molecule has 1 atom stereocenters. The summed E-state index contributed by atoms with van der Waals surface area (Å²) in [5.41, 5.74) is 11.1. The molecular formula is C25H24N4O3. The molecule has 0 aliphatic heterocycles. The van der Waals surface area contributed by atoms with Crippen LogP contribution in [0, 0.1) is 6.92 Å². The lowest BCUT2D eigenvalue weighted by Crippen LogP contribution is -2.27. The second kappa shape index (κ2) is 8.64. The van der Waals surface area contributed by atoms with Crippen LogP contribution in [0.2, 0.25) is 0 Å². The maximum absolute atomic E-state index is 13.0. The largest absolute Gasteiger partial charge is 0.478 e. The lowest BCUT2D eigenvalue weighted by Gasteiger charge is -2.18. The number of pyridine rings is 1. The molecule has 2 heterocycles. The highest BCUT2D eigenvalue weighted by Gasteiger charge is 2.18. The summed E-state index contributed by atoms with van der Waals surface area (Å²) in [6.07, 6.45) is 1.44. The van der Waals surface area contributed by atoms with E-state index in [1.165, 1.54) is 6.20 Å². The van der Waals surface area contributed by atoms with E-state index in [4.69, 9.17) is 5.73 Å². The predicted octanol–water partition coefficient (Wildman–Crippen LogP) is 4.19. The fraction of sp³-hybridized carbons (Fsp3) is 0.160. The number of nitrogens with zero attached hydrogens (tertiary/aromatic N) is 1. The van der Waals surface area contributed by atoms with Gasteiger partial charge in [-0.25, -0.2) is 9.78 Å². The number of rotatable bonds is 6. The zero-order valence-corrected chi connectivity index (χ0v) is 17.8. The van der Waals surface area contributed by atoms with Crippen LogP contribution in [0.1, 0.15) is 50.4 Å². The molecule has 32 heavy (non-hydrogen) atoms. The first-order valence-corrected chi connectivity index (χ1v) is 10.3. The number of benzene rings is 2. The number of carboxylic acids is 1. The van der Waals surface area contributed by atoms with Gasteiger partial charge in [0.1, 0.15) is 0 Å². The summed E-state index contributed by atoms with van der Waals surface area (Å²) in [6.45, 7) is 4.18. The van der Waals surface area contributed by atoms with Crippen molar-refractivity contribution in [3.8, 4) is 11.4 Å². The molecule has 162 valence electrons. The highest BCUT2D eigenvalue weighted by atomic mass is 16.4. The Morgan fingerprint density at radius 2 is 1.94 bits per heavy atom. The number of carboxylic acid groups (broad SMARTS) is 1. The van der Waals surface area contributed by atoms with Crippen LogP contribution in [0.4, 0.5) is 0 Å². The Balaban J connectivity index is 1.72. The van der Waals surface area contributed by atoms with Gasteiger partial charge in [-0.05, 0) is 54.8 Å². The Morgan fingerprint density at radius 3 is 2.66 bits per heavy atom. The van der Waals surface area contributed by atoms with E-state index in [0.29, 0.717) is 23.5 Å². The van der Waals surface area contributed by atoms with Crippen molar-refractivity contribution in [2.45, 2.75) is 26.4 Å². The Labute approximate surface area is 185 Å². The first-order valence-electron chi connectivity index (χ1n) is 10.3. The molecular weight excluding hydrogens is 404 g/mol. The molecule has 0 saturated heterocycles. The quantitative estimate of drug-likeness (QED) is 0.367. The molecule has 0 unspecified atom stereocenters. The van der Waals surface area contributed by atoms with Crippen molar-refractivity contribution < 1.29 is 14.7 Å². The van der Waals surface area contributed by atoms with E-state index in [-0.39, 0.29) is 17.5 Å². The monoisotopic (exact) mass is 428 g/mol. The Bertz CT molecular complexity index is 1330. The van der Waals surface area contributed by atoms with E-state index in [1.54, 1.807) is 6.07 Å². The van der Waals surface area contributed by atoms with Gasteiger partial charge in [0.25, 0.3) is 5.91 Å². The van der Waals surface area contributed by atoms with Gasteiger partial charge in [-0.15, -0.1) is 0 Å². The minimum Gasteiger partial charge on any atom is -0.478 e. The van der Waals surface area contributed by atoms with Gasteiger partial charge >= 0.3 is 5.97 Å². The summed E-state index contributed by atoms with van der Waals surface area (Å²) in [5, 5.41) is 13.2. The molecule has 0 saturated carbocycles. The number of carbonyl (C=O) groups is 2. The summed E-state index contributed by atoms with van der Waals surface area (Å²) in [7, 11) is 0. The molecule has 0 spiro atoms. The molecule has 1 amide bonds. The smallest absolute Gasteiger partial charge is 0.337 e. The van der Waals surface area contributed by atoms with E-state index in [2.05, 4.69) is 15.3 Å². The fourth-order valence-electron chi connectivity index (χ4n) is 3.76. The SMILES string of the molecule is Cc1ccc(CN)cc1C(=O)N[C@H](C)c1cc(-c2cc(C(=O)O)c[nH]2)nc2ccccc12. The number of para-hydroxylation sites is 1. The second-order valence-corrected chi connectivity index (χ2v) is 7.77. The standard InChI is InChI=1S/C25H24N4O3/c1-14-7-8-16(12-26)9-19(14)24(30)28-15(2)20-11-23(22-10-17(13-27-22)25(31)32)29-21-6-4-3-5-18(20)21/h3-11,13,15,27H,12,26H2,1-2H3,(H,28,30)(H,31,32)/t15-/m1/s1. The molecule has 4 aromatic rings. The van der Waals surface area contributed by atoms with E-state index in [9.17, 15) is 14.7 Å². The third-order valence-corrected chi connectivity index (χ3v) is 5.55. The van der Waals surface area contributed by atoms with Crippen LogP contribution in [0.5, 0.6) is 0 Å². The Hall–Kier alpha value is -3.97. The van der Waals surface area contributed by atoms with Gasteiger partial charge in [0, 0.05) is 23.7 Å². The van der Waals surface area contributed by atoms with Gasteiger partial charge in [-0.3, -0.25) is 4.79 Å². The number of aryl methyl sites for hydroxylation is 1. The Morgan fingerprint density at radius 1 is 1.16 bits per heavy atom. The van der Waals surface area contributed by atoms with Crippen molar-refractivity contribution in [2.75, 3.05) is 0 Å². The van der Waals surface area contributed by atoms with Gasteiger partial charge < -0.3 is 21.1 Å². The number of aromatic carboxylic acids is 1. The third-order valence-electron chi connectivity index (χ3n) is 5.55. The molecule has 0 bridgehead atoms. The van der Waals surface area contributed by atoms with E-state index >= 15 is 0 Å². The van der Waals surface area contributed by atoms with Gasteiger partial charge in [-0.2, -0.15) is 0 Å². The second-order valence-electron chi connectivity index (χ2n) is 7.77. The van der Waals surface area contributed by atoms with Crippen molar-refractivity contribution in [3.05, 3.63) is 88.6 Å². The molecule has 4 rings (SSSR count). The minimum absolute atomic E-state index is 0.160. The number of hydrogen-bond acceptors (Lipinski definition) is 4. The third kappa shape index (κ3) is 4.10. The average molecular weight is 428 g/mol. The van der Waals surface area contributed by atoms with Crippen LogP contribution in [0.3, 0.4) is 0 Å². The van der Waals surface area contributed by atoms with E-state index in [0.717, 1.165) is 27.6 Å². The lowest BCUT2D eigenvalue weighted by atomic mass is 9.99. The van der Waals surface area contributed by atoms with Crippen LogP contribution >= 0.6 is 0 Å². The molecule has 0 fully saturated rings. The highest BCUT2D eigenvalue weighted by Crippen LogP contribution is 2.29. The van der Waals surface area contributed by atoms with Crippen molar-refractivity contribution in [1.29, 1.82) is 0 Å². The van der Waals surface area contributed by atoms with Gasteiger partial charge in [0.15, 0.2) is 0 Å². The first kappa shape index (κ1) is 21.3. The van der Waals surface area contributed by atoms with Crippen molar-refractivity contribution in [3.63, 3.8) is 0 Å². The number of nitrogens with two attached hydrogens (primary N) is 1. The van der Waals surface area contributed by atoms with Crippen LogP contribution in [-0.4, -0.2) is 27.0 Å². The fourth-order valence-corrected chi connectivity index (χ4v) is 3.76. The number of H-pyrrole nitrogens is 1. The number of amides is 1. The zero-order chi connectivity index (χ0) is 22.8. The normalized spacial score (nSPS) is 12.0. The topological polar surface area (TPSA) is 121 Å². The molecule has 0 radical (unpaired) electrons. The molecule has 7 heteroatoms. The zero-order valence-electron chi connectivity index (χ0n) is 17.8. The number of carbonyl (C=O) groups excluding carboxylic acids is 1. The maximum atomic E-state index is 13.0. The predicted molar refractivity (Wildman–Crippen MR) is 123 cm³/mol. The highest BCUT2D eigenvalue weighted by molar-refractivity contribution is 5.96. The molecule has 7 nitrogen and oxygen atoms in total. The first-order chi connectivity index (χ1) is 15.4. The minimum atomic E-state index is -1.01. The number of aromatic amines is 1. The number of nitrogens with one attached hydrogen (secondary N) is 2. The van der Waals surface area contributed by atoms with Crippen LogP contribution in [-0.2, 0) is 6.54 Å². The summed E-state index contributed by atoms with van der Waals surface area (Å²) < 4.78 is 0.